The van der Waals surface area contributed by atoms with Gasteiger partial charge in [0.15, 0.2) is 0 Å². The Morgan fingerprint density at radius 3 is 2.68 bits per heavy atom. The molecule has 2 N–H and O–H groups in total. The monoisotopic (exact) mass is 413 g/mol. The van der Waals surface area contributed by atoms with Crippen molar-refractivity contribution in [1.29, 1.82) is 0 Å². The normalized spacial score (nSPS) is 15.8. The quantitative estimate of drug-likeness (QED) is 0.605. The molecule has 4 rings (SSSR count). The second-order valence-electron chi connectivity index (χ2n) is 9.01. The van der Waals surface area contributed by atoms with Gasteiger partial charge in [-0.2, -0.15) is 5.10 Å². The van der Waals surface area contributed by atoms with E-state index >= 15 is 0 Å². The van der Waals surface area contributed by atoms with Crippen LogP contribution in [0.1, 0.15) is 66.2 Å². The summed E-state index contributed by atoms with van der Waals surface area (Å²) in [6, 6.07) is 15.0. The molecule has 1 aliphatic rings. The van der Waals surface area contributed by atoms with Crippen LogP contribution in [0.4, 0.5) is 0 Å². The maximum atomic E-state index is 9.75. The fourth-order valence-electron chi connectivity index (χ4n) is 4.11. The summed E-state index contributed by atoms with van der Waals surface area (Å²) in [4.78, 5) is 0. The van der Waals surface area contributed by atoms with Gasteiger partial charge in [0.1, 0.15) is 5.60 Å². The third-order valence-electron chi connectivity index (χ3n) is 6.01. The highest BCUT2D eigenvalue weighted by molar-refractivity contribution is 5.46. The maximum Gasteiger partial charge on any atom is 0.120 e. The zero-order chi connectivity index (χ0) is 22.0. The van der Waals surface area contributed by atoms with Gasteiger partial charge in [0.25, 0.3) is 0 Å². The van der Waals surface area contributed by atoms with E-state index in [2.05, 4.69) is 66.0 Å². The van der Waals surface area contributed by atoms with E-state index in [1.165, 1.54) is 33.6 Å². The lowest BCUT2D eigenvalue weighted by atomic mass is 9.92. The number of rotatable bonds is 4. The number of aromatic nitrogens is 2. The number of hydrogen-bond acceptors (Lipinski definition) is 3. The molecule has 1 atom stereocenters. The summed E-state index contributed by atoms with van der Waals surface area (Å²) in [5.41, 5.74) is 7.59. The fourth-order valence-corrected chi connectivity index (χ4v) is 4.11. The van der Waals surface area contributed by atoms with Crippen LogP contribution in [0, 0.1) is 25.7 Å². The molecule has 0 aliphatic heterocycles. The predicted octanol–water partition coefficient (Wildman–Crippen LogP) is 4.78. The molecular weight excluding hydrogens is 382 g/mol. The molecule has 4 nitrogen and oxygen atoms in total. The Kier molecular flexibility index (Phi) is 6.00. The first-order chi connectivity index (χ1) is 14.8. The van der Waals surface area contributed by atoms with E-state index in [1.807, 2.05) is 18.3 Å². The molecule has 1 heterocycles. The summed E-state index contributed by atoms with van der Waals surface area (Å²) < 4.78 is 2.14. The summed E-state index contributed by atoms with van der Waals surface area (Å²) in [6.45, 7) is 8.52. The van der Waals surface area contributed by atoms with Crippen molar-refractivity contribution < 1.29 is 5.11 Å². The van der Waals surface area contributed by atoms with Crippen LogP contribution in [0.2, 0.25) is 0 Å². The third-order valence-corrected chi connectivity index (χ3v) is 6.01. The molecule has 4 heteroatoms. The van der Waals surface area contributed by atoms with E-state index in [4.69, 9.17) is 5.10 Å². The van der Waals surface area contributed by atoms with E-state index in [9.17, 15) is 5.11 Å². The first-order valence-electron chi connectivity index (χ1n) is 11.0. The SMILES string of the molecule is Cc1cccc(-n2ncc3c2CCCC3NCc2ccc(C#CC(C)(C)O)cc2)c1C. The number of nitrogens with one attached hydrogen (secondary N) is 1. The minimum Gasteiger partial charge on any atom is -0.378 e. The third kappa shape index (κ3) is 4.90. The summed E-state index contributed by atoms with van der Waals surface area (Å²) in [5, 5.41) is 18.3. The van der Waals surface area contributed by atoms with E-state index in [0.29, 0.717) is 6.04 Å². The van der Waals surface area contributed by atoms with Crippen molar-refractivity contribution in [3.05, 3.63) is 82.2 Å². The summed E-state index contributed by atoms with van der Waals surface area (Å²) in [5.74, 6) is 5.88. The number of aliphatic hydroxyl groups is 1. The maximum absolute atomic E-state index is 9.75. The standard InChI is InChI=1S/C27H31N3O/c1-19-7-5-9-25(20(19)2)30-26-10-6-8-24(23(26)18-29-30)28-17-22-13-11-21(12-14-22)15-16-27(3,4)31/h5,7,9,11-14,18,24,28,31H,6,8,10,17H2,1-4H3. The molecule has 0 spiro atoms. The molecule has 2 aromatic carbocycles. The number of nitrogens with zero attached hydrogens (tertiary/aromatic N) is 2. The van der Waals surface area contributed by atoms with Crippen LogP contribution in [0.3, 0.4) is 0 Å². The number of fused-ring (bicyclic) bond motifs is 1. The minimum absolute atomic E-state index is 0.317. The van der Waals surface area contributed by atoms with Crippen LogP contribution in [-0.4, -0.2) is 20.5 Å². The van der Waals surface area contributed by atoms with Crippen molar-refractivity contribution in [3.63, 3.8) is 0 Å². The number of benzene rings is 2. The molecule has 0 radical (unpaired) electrons. The smallest absolute Gasteiger partial charge is 0.120 e. The van der Waals surface area contributed by atoms with Gasteiger partial charge in [0.05, 0.1) is 11.9 Å². The van der Waals surface area contributed by atoms with E-state index in [-0.39, 0.29) is 0 Å². The van der Waals surface area contributed by atoms with Gasteiger partial charge in [-0.1, -0.05) is 36.1 Å². The van der Waals surface area contributed by atoms with Gasteiger partial charge >= 0.3 is 0 Å². The van der Waals surface area contributed by atoms with Crippen LogP contribution in [-0.2, 0) is 13.0 Å². The van der Waals surface area contributed by atoms with Crippen molar-refractivity contribution in [3.8, 4) is 17.5 Å². The Labute approximate surface area is 185 Å². The molecular formula is C27H31N3O. The second kappa shape index (κ2) is 8.70. The lowest BCUT2D eigenvalue weighted by molar-refractivity contribution is 0.143. The number of aryl methyl sites for hydroxylation is 1. The van der Waals surface area contributed by atoms with Gasteiger partial charge in [-0.3, -0.25) is 0 Å². The van der Waals surface area contributed by atoms with Gasteiger partial charge in [0.2, 0.25) is 0 Å². The zero-order valence-electron chi connectivity index (χ0n) is 18.9. The summed E-state index contributed by atoms with van der Waals surface area (Å²) in [6.07, 6.45) is 5.39. The average molecular weight is 414 g/mol. The molecule has 1 aromatic heterocycles. The molecule has 160 valence electrons. The molecule has 0 amide bonds. The van der Waals surface area contributed by atoms with E-state index < -0.39 is 5.60 Å². The van der Waals surface area contributed by atoms with Crippen molar-refractivity contribution in [1.82, 2.24) is 15.1 Å². The molecule has 0 saturated carbocycles. The van der Waals surface area contributed by atoms with Gasteiger partial charge in [-0.05, 0) is 81.8 Å². The highest BCUT2D eigenvalue weighted by atomic mass is 16.3. The Balaban J connectivity index is 1.48. The topological polar surface area (TPSA) is 50.1 Å². The largest absolute Gasteiger partial charge is 0.378 e. The van der Waals surface area contributed by atoms with Crippen LogP contribution in [0.25, 0.3) is 5.69 Å². The Bertz CT molecular complexity index is 1120. The van der Waals surface area contributed by atoms with Gasteiger partial charge < -0.3 is 10.4 Å². The molecule has 3 aromatic rings. The molecule has 1 aliphatic carbocycles. The van der Waals surface area contributed by atoms with E-state index in [0.717, 1.165) is 31.4 Å². The van der Waals surface area contributed by atoms with Crippen molar-refractivity contribution in [2.75, 3.05) is 0 Å². The van der Waals surface area contributed by atoms with Crippen molar-refractivity contribution in [2.24, 2.45) is 0 Å². The minimum atomic E-state index is -0.972. The lowest BCUT2D eigenvalue weighted by Gasteiger charge is -2.25. The predicted molar refractivity (Wildman–Crippen MR) is 125 cm³/mol. The fraction of sp³-hybridized carbons (Fsp3) is 0.370. The van der Waals surface area contributed by atoms with E-state index in [1.54, 1.807) is 13.8 Å². The summed E-state index contributed by atoms with van der Waals surface area (Å²) >= 11 is 0. The first kappa shape index (κ1) is 21.4. The molecule has 0 bridgehead atoms. The molecule has 0 fully saturated rings. The van der Waals surface area contributed by atoms with Crippen molar-refractivity contribution >= 4 is 0 Å². The molecule has 0 saturated heterocycles. The van der Waals surface area contributed by atoms with Gasteiger partial charge in [-0.25, -0.2) is 4.68 Å². The highest BCUT2D eigenvalue weighted by Gasteiger charge is 2.25. The van der Waals surface area contributed by atoms with Crippen LogP contribution < -0.4 is 5.32 Å². The van der Waals surface area contributed by atoms with Crippen LogP contribution >= 0.6 is 0 Å². The molecule has 1 unspecified atom stereocenters. The first-order valence-corrected chi connectivity index (χ1v) is 11.0. The Hall–Kier alpha value is -2.87. The van der Waals surface area contributed by atoms with Crippen LogP contribution in [0.15, 0.2) is 48.7 Å². The number of hydrogen-bond donors (Lipinski definition) is 2. The van der Waals surface area contributed by atoms with Crippen molar-refractivity contribution in [2.45, 2.75) is 65.1 Å². The average Bonchev–Trinajstić information content (AvgIpc) is 3.17. The Morgan fingerprint density at radius 2 is 1.94 bits per heavy atom. The molecule has 31 heavy (non-hydrogen) atoms. The van der Waals surface area contributed by atoms with Crippen LogP contribution in [0.5, 0.6) is 0 Å². The second-order valence-corrected chi connectivity index (χ2v) is 9.01. The van der Waals surface area contributed by atoms with Gasteiger partial charge in [-0.15, -0.1) is 0 Å². The lowest BCUT2D eigenvalue weighted by Crippen LogP contribution is -2.25. The Morgan fingerprint density at radius 1 is 1.16 bits per heavy atom. The summed E-state index contributed by atoms with van der Waals surface area (Å²) in [7, 11) is 0. The van der Waals surface area contributed by atoms with Gasteiger partial charge in [0, 0.05) is 29.4 Å². The zero-order valence-corrected chi connectivity index (χ0v) is 18.9. The highest BCUT2D eigenvalue weighted by Crippen LogP contribution is 2.32.